The van der Waals surface area contributed by atoms with E-state index in [2.05, 4.69) is 30.6 Å². The summed E-state index contributed by atoms with van der Waals surface area (Å²) >= 11 is 6.18. The summed E-state index contributed by atoms with van der Waals surface area (Å²) in [6, 6.07) is 11.5. The molecule has 0 bridgehead atoms. The van der Waals surface area contributed by atoms with Gasteiger partial charge in [-0.2, -0.15) is 0 Å². The van der Waals surface area contributed by atoms with Crippen LogP contribution in [0.25, 0.3) is 0 Å². The van der Waals surface area contributed by atoms with Crippen LogP contribution in [0.1, 0.15) is 69.5 Å². The molecule has 0 saturated carbocycles. The van der Waals surface area contributed by atoms with E-state index in [-0.39, 0.29) is 35.2 Å². The van der Waals surface area contributed by atoms with Crippen molar-refractivity contribution in [1.82, 2.24) is 14.7 Å². The number of aliphatic hydroxyl groups is 1. The average molecular weight is 604 g/mol. The Morgan fingerprint density at radius 3 is 2.38 bits per heavy atom. The summed E-state index contributed by atoms with van der Waals surface area (Å²) < 4.78 is 34.4. The molecule has 9 heteroatoms. The molecule has 1 N–H and O–H groups in total. The molecule has 2 aromatic carbocycles. The van der Waals surface area contributed by atoms with Crippen LogP contribution >= 0.6 is 11.6 Å². The van der Waals surface area contributed by atoms with Crippen LogP contribution in [0.5, 0.6) is 0 Å². The normalized spacial score (nSPS) is 26.2. The molecule has 2 aromatic rings. The molecule has 3 saturated heterocycles. The Bertz CT molecular complexity index is 1220. The second-order valence-electron chi connectivity index (χ2n) is 13.1. The minimum absolute atomic E-state index is 0.0687. The molecule has 4 atom stereocenters. The molecule has 5 rings (SSSR count). The van der Waals surface area contributed by atoms with Crippen LogP contribution < -0.4 is 0 Å². The van der Waals surface area contributed by atoms with Gasteiger partial charge >= 0.3 is 0 Å². The molecule has 230 valence electrons. The Kier molecular flexibility index (Phi) is 9.90. The molecule has 6 nitrogen and oxygen atoms in total. The fourth-order valence-electron chi connectivity index (χ4n) is 6.97. The summed E-state index contributed by atoms with van der Waals surface area (Å²) in [5, 5.41) is 12.6. The lowest BCUT2D eigenvalue weighted by atomic mass is 9.86. The SMILES string of the molecule is CC(C)(C)N1CC(C(O)N2CCC[C@@H](c3ccc(Cl)cc3)N(C(=O)C3CCOCC3)CC2)[C@H](c2ccc(F)cc2F)C1. The van der Waals surface area contributed by atoms with E-state index in [9.17, 15) is 14.3 Å². The van der Waals surface area contributed by atoms with Gasteiger partial charge in [-0.15, -0.1) is 0 Å². The van der Waals surface area contributed by atoms with Crippen molar-refractivity contribution in [2.24, 2.45) is 11.8 Å². The summed E-state index contributed by atoms with van der Waals surface area (Å²) in [7, 11) is 0. The first-order valence-corrected chi connectivity index (χ1v) is 15.7. The van der Waals surface area contributed by atoms with Crippen molar-refractivity contribution in [2.75, 3.05) is 45.9 Å². The number of carbonyl (C=O) groups excluding carboxylic acids is 1. The number of aliphatic hydroxyl groups excluding tert-OH is 1. The van der Waals surface area contributed by atoms with E-state index in [0.717, 1.165) is 24.5 Å². The number of ether oxygens (including phenoxy) is 1. The molecule has 0 aromatic heterocycles. The molecule has 3 heterocycles. The lowest BCUT2D eigenvalue weighted by Crippen LogP contribution is -2.51. The van der Waals surface area contributed by atoms with Crippen molar-refractivity contribution < 1.29 is 23.4 Å². The van der Waals surface area contributed by atoms with Gasteiger partial charge in [0.25, 0.3) is 0 Å². The third-order valence-electron chi connectivity index (χ3n) is 9.47. The lowest BCUT2D eigenvalue weighted by Gasteiger charge is -2.42. The molecule has 2 unspecified atom stereocenters. The second kappa shape index (κ2) is 13.3. The highest BCUT2D eigenvalue weighted by atomic mass is 35.5. The zero-order valence-corrected chi connectivity index (χ0v) is 25.7. The van der Waals surface area contributed by atoms with Crippen LogP contribution in [-0.2, 0) is 9.53 Å². The van der Waals surface area contributed by atoms with Gasteiger partial charge in [-0.05, 0) is 75.8 Å². The topological polar surface area (TPSA) is 56.2 Å². The van der Waals surface area contributed by atoms with Crippen LogP contribution in [0.2, 0.25) is 5.02 Å². The molecule has 0 aliphatic carbocycles. The third-order valence-corrected chi connectivity index (χ3v) is 9.72. The average Bonchev–Trinajstić information content (AvgIpc) is 3.40. The maximum Gasteiger partial charge on any atom is 0.226 e. The minimum atomic E-state index is -0.834. The molecular weight excluding hydrogens is 560 g/mol. The predicted molar refractivity (Wildman–Crippen MR) is 160 cm³/mol. The Balaban J connectivity index is 1.39. The molecule has 0 radical (unpaired) electrons. The zero-order valence-electron chi connectivity index (χ0n) is 24.9. The number of likely N-dealkylation sites (tertiary alicyclic amines) is 1. The van der Waals surface area contributed by atoms with Crippen molar-refractivity contribution >= 4 is 17.5 Å². The van der Waals surface area contributed by atoms with Crippen molar-refractivity contribution in [3.8, 4) is 0 Å². The highest BCUT2D eigenvalue weighted by molar-refractivity contribution is 6.30. The number of rotatable bonds is 5. The maximum absolute atomic E-state index is 15.1. The van der Waals surface area contributed by atoms with Crippen molar-refractivity contribution in [3.05, 3.63) is 70.2 Å². The van der Waals surface area contributed by atoms with Crippen LogP contribution in [-0.4, -0.2) is 83.4 Å². The summed E-state index contributed by atoms with van der Waals surface area (Å²) in [4.78, 5) is 20.3. The standard InChI is InChI=1S/C33H44ClF2N3O3/c1-33(2,3)38-20-27(26-11-10-25(35)19-29(26)36)28(21-38)32(41)37-14-4-5-30(22-6-8-24(34)9-7-22)39(16-15-37)31(40)23-12-17-42-18-13-23/h6-11,19,23,27-28,30,32,41H,4-5,12-18,20-21H2,1-3H3/t27-,28?,30-,32?/m0/s1. The largest absolute Gasteiger partial charge is 0.381 e. The van der Waals surface area contributed by atoms with E-state index < -0.39 is 17.9 Å². The number of carbonyl (C=O) groups is 1. The molecule has 3 aliphatic rings. The third kappa shape index (κ3) is 6.99. The summed E-state index contributed by atoms with van der Waals surface area (Å²) in [6.07, 6.45) is 2.13. The van der Waals surface area contributed by atoms with E-state index in [4.69, 9.17) is 16.3 Å². The highest BCUT2D eigenvalue weighted by Crippen LogP contribution is 2.40. The summed E-state index contributed by atoms with van der Waals surface area (Å²) in [5.74, 6) is -1.66. The number of halogens is 3. The molecule has 1 amide bonds. The fourth-order valence-corrected chi connectivity index (χ4v) is 7.09. The maximum atomic E-state index is 15.1. The number of hydrogen-bond donors (Lipinski definition) is 1. The van der Waals surface area contributed by atoms with Crippen LogP contribution in [0.4, 0.5) is 8.78 Å². The monoisotopic (exact) mass is 603 g/mol. The smallest absolute Gasteiger partial charge is 0.226 e. The van der Waals surface area contributed by atoms with E-state index >= 15 is 4.39 Å². The van der Waals surface area contributed by atoms with Gasteiger partial charge in [0.15, 0.2) is 0 Å². The molecule has 3 fully saturated rings. The Morgan fingerprint density at radius 1 is 1.00 bits per heavy atom. The van der Waals surface area contributed by atoms with Crippen LogP contribution in [0.3, 0.4) is 0 Å². The Labute approximate surface area is 253 Å². The Hall–Kier alpha value is -2.10. The van der Waals surface area contributed by atoms with Crippen molar-refractivity contribution in [3.63, 3.8) is 0 Å². The molecule has 3 aliphatic heterocycles. The van der Waals surface area contributed by atoms with Crippen molar-refractivity contribution in [2.45, 2.75) is 70.2 Å². The van der Waals surface area contributed by atoms with Gasteiger partial charge in [-0.1, -0.05) is 29.8 Å². The highest BCUT2D eigenvalue weighted by Gasteiger charge is 2.45. The minimum Gasteiger partial charge on any atom is -0.381 e. The van der Waals surface area contributed by atoms with Gasteiger partial charge in [0.2, 0.25) is 5.91 Å². The van der Waals surface area contributed by atoms with Crippen LogP contribution in [0, 0.1) is 23.5 Å². The quantitative estimate of drug-likeness (QED) is 0.465. The predicted octanol–water partition coefficient (Wildman–Crippen LogP) is 5.84. The molecule has 42 heavy (non-hydrogen) atoms. The lowest BCUT2D eigenvalue weighted by molar-refractivity contribution is -0.143. The van der Waals surface area contributed by atoms with Gasteiger partial charge in [0.1, 0.15) is 17.9 Å². The number of nitrogens with zero attached hydrogens (tertiary/aromatic N) is 3. The van der Waals surface area contributed by atoms with Crippen LogP contribution in [0.15, 0.2) is 42.5 Å². The number of benzene rings is 2. The van der Waals surface area contributed by atoms with Gasteiger partial charge in [-0.3, -0.25) is 14.6 Å². The summed E-state index contributed by atoms with van der Waals surface area (Å²) in [5.41, 5.74) is 1.34. The molecular formula is C33H44ClF2N3O3. The molecule has 0 spiro atoms. The Morgan fingerprint density at radius 2 is 1.71 bits per heavy atom. The zero-order chi connectivity index (χ0) is 30.0. The van der Waals surface area contributed by atoms with Crippen molar-refractivity contribution in [1.29, 1.82) is 0 Å². The van der Waals surface area contributed by atoms with Gasteiger partial charge in [0.05, 0.1) is 6.04 Å². The van der Waals surface area contributed by atoms with E-state index in [1.807, 2.05) is 29.2 Å². The first-order chi connectivity index (χ1) is 20.0. The van der Waals surface area contributed by atoms with Gasteiger partial charge in [0, 0.05) is 80.3 Å². The number of amides is 1. The first-order valence-electron chi connectivity index (χ1n) is 15.3. The second-order valence-corrected chi connectivity index (χ2v) is 13.5. The van der Waals surface area contributed by atoms with E-state index in [1.54, 1.807) is 0 Å². The summed E-state index contributed by atoms with van der Waals surface area (Å²) in [6.45, 7) is 10.4. The van der Waals surface area contributed by atoms with Gasteiger partial charge < -0.3 is 14.7 Å². The number of hydrogen-bond acceptors (Lipinski definition) is 5. The van der Waals surface area contributed by atoms with E-state index in [1.165, 1.54) is 12.1 Å². The van der Waals surface area contributed by atoms with E-state index in [0.29, 0.717) is 69.4 Å². The van der Waals surface area contributed by atoms with Gasteiger partial charge in [-0.25, -0.2) is 8.78 Å². The first kappa shape index (κ1) is 31.3. The fraction of sp³-hybridized carbons (Fsp3) is 0.606.